The smallest absolute Gasteiger partial charge is 0.291 e. The van der Waals surface area contributed by atoms with Crippen molar-refractivity contribution in [3.05, 3.63) is 53.1 Å². The second-order valence-corrected chi connectivity index (χ2v) is 12.2. The number of anilines is 1. The minimum Gasteiger partial charge on any atom is -0.326 e. The van der Waals surface area contributed by atoms with Crippen LogP contribution in [0.3, 0.4) is 0 Å². The Balaban J connectivity index is 1.54. The molecule has 8 nitrogen and oxygen atoms in total. The van der Waals surface area contributed by atoms with E-state index in [0.29, 0.717) is 13.1 Å². The summed E-state index contributed by atoms with van der Waals surface area (Å²) in [6, 6.07) is 8.03. The molecule has 2 N–H and O–H groups in total. The number of aromatic amines is 1. The van der Waals surface area contributed by atoms with Gasteiger partial charge < -0.3 is 15.2 Å². The van der Waals surface area contributed by atoms with Gasteiger partial charge in [-0.05, 0) is 54.4 Å². The molecule has 2 aliphatic rings. The van der Waals surface area contributed by atoms with Crippen LogP contribution in [0.2, 0.25) is 0 Å². The Morgan fingerprint density at radius 2 is 2.06 bits per heavy atom. The number of benzene rings is 1. The van der Waals surface area contributed by atoms with Gasteiger partial charge in [0, 0.05) is 30.9 Å². The molecule has 1 saturated heterocycles. The summed E-state index contributed by atoms with van der Waals surface area (Å²) >= 11 is 0. The summed E-state index contributed by atoms with van der Waals surface area (Å²) < 4.78 is 23.4. The minimum absolute atomic E-state index is 0.102. The van der Waals surface area contributed by atoms with E-state index >= 15 is 0 Å². The number of aromatic nitrogens is 2. The van der Waals surface area contributed by atoms with Crippen molar-refractivity contribution < 1.29 is 13.2 Å². The number of imidazole rings is 1. The van der Waals surface area contributed by atoms with E-state index in [1.165, 1.54) is 11.8 Å². The summed E-state index contributed by atoms with van der Waals surface area (Å²) in [6.45, 7) is 6.49. The van der Waals surface area contributed by atoms with Crippen molar-refractivity contribution in [3.8, 4) is 6.07 Å². The molecule has 1 aliphatic heterocycles. The number of nitrogens with zero attached hydrogens (tertiary/aromatic N) is 3. The van der Waals surface area contributed by atoms with E-state index in [1.807, 2.05) is 18.2 Å². The van der Waals surface area contributed by atoms with Crippen molar-refractivity contribution in [2.24, 2.45) is 5.41 Å². The minimum atomic E-state index is -2.88. The molecule has 180 valence electrons. The van der Waals surface area contributed by atoms with Gasteiger partial charge >= 0.3 is 0 Å². The number of hydrogen-bond donors (Lipinski definition) is 2. The molecule has 2 aromatic rings. The molecule has 34 heavy (non-hydrogen) atoms. The normalized spacial score (nSPS) is 19.7. The number of rotatable bonds is 6. The van der Waals surface area contributed by atoms with Gasteiger partial charge in [-0.25, -0.2) is 13.4 Å². The van der Waals surface area contributed by atoms with Crippen molar-refractivity contribution in [2.75, 3.05) is 36.5 Å². The average molecular weight is 482 g/mol. The third kappa shape index (κ3) is 5.93. The highest BCUT2D eigenvalue weighted by Gasteiger charge is 2.24. The molecule has 1 aliphatic carbocycles. The van der Waals surface area contributed by atoms with Gasteiger partial charge in [0.05, 0.1) is 17.7 Å². The maximum absolute atomic E-state index is 12.8. The van der Waals surface area contributed by atoms with Gasteiger partial charge in [0.1, 0.15) is 11.8 Å². The highest BCUT2D eigenvalue weighted by molar-refractivity contribution is 7.91. The van der Waals surface area contributed by atoms with Crippen molar-refractivity contribution in [1.29, 1.82) is 5.26 Å². The van der Waals surface area contributed by atoms with Gasteiger partial charge in [0.25, 0.3) is 5.91 Å². The molecular formula is C25H31N5O3S. The van der Waals surface area contributed by atoms with Crippen LogP contribution in [0.25, 0.3) is 5.57 Å². The lowest BCUT2D eigenvalue weighted by atomic mass is 9.76. The van der Waals surface area contributed by atoms with Gasteiger partial charge in [-0.15, -0.1) is 0 Å². The molecule has 9 heteroatoms. The zero-order valence-corrected chi connectivity index (χ0v) is 20.5. The quantitative estimate of drug-likeness (QED) is 0.653. The van der Waals surface area contributed by atoms with E-state index in [1.54, 1.807) is 0 Å². The van der Waals surface area contributed by atoms with Crippen molar-refractivity contribution in [2.45, 2.75) is 39.5 Å². The standard InChI is InChI=1S/C25H31N5O3S/c1-25(2)8-5-19(6-9-25)21-15-18(7-10-30-11-13-34(32,33)14-12-30)3-4-22(21)29-24(31)23-27-17-20(16-26)28-23/h3-5,15,17H,6-14H2,1-2H3,(H,27,28)(H,29,31). The van der Waals surface area contributed by atoms with Crippen LogP contribution in [-0.4, -0.2) is 60.3 Å². The molecule has 0 spiro atoms. The van der Waals surface area contributed by atoms with Gasteiger partial charge in [-0.1, -0.05) is 26.0 Å². The monoisotopic (exact) mass is 481 g/mol. The summed E-state index contributed by atoms with van der Waals surface area (Å²) in [5, 5.41) is 12.0. The fourth-order valence-corrected chi connectivity index (χ4v) is 5.66. The number of sulfone groups is 1. The van der Waals surface area contributed by atoms with Crippen LogP contribution < -0.4 is 5.32 Å². The molecule has 2 heterocycles. The largest absolute Gasteiger partial charge is 0.326 e. The fraction of sp³-hybridized carbons (Fsp3) is 0.480. The number of nitriles is 1. The van der Waals surface area contributed by atoms with E-state index < -0.39 is 9.84 Å². The lowest BCUT2D eigenvalue weighted by Gasteiger charge is -2.29. The maximum atomic E-state index is 12.8. The Morgan fingerprint density at radius 3 is 2.71 bits per heavy atom. The molecular weight excluding hydrogens is 450 g/mol. The van der Waals surface area contributed by atoms with Crippen LogP contribution in [0.1, 0.15) is 60.5 Å². The van der Waals surface area contributed by atoms with Crippen LogP contribution in [0, 0.1) is 16.7 Å². The number of hydrogen-bond acceptors (Lipinski definition) is 6. The van der Waals surface area contributed by atoms with Crippen LogP contribution in [-0.2, 0) is 16.3 Å². The molecule has 0 atom stereocenters. The predicted molar refractivity (Wildman–Crippen MR) is 132 cm³/mol. The Labute approximate surface area is 201 Å². The summed E-state index contributed by atoms with van der Waals surface area (Å²) in [5.41, 5.74) is 4.60. The number of H-pyrrole nitrogens is 1. The number of allylic oxidation sites excluding steroid dienone is 2. The van der Waals surface area contributed by atoms with Crippen LogP contribution in [0.15, 0.2) is 30.5 Å². The lowest BCUT2D eigenvalue weighted by molar-refractivity contribution is 0.101. The number of carbonyl (C=O) groups is 1. The zero-order chi connectivity index (χ0) is 24.3. The van der Waals surface area contributed by atoms with Crippen LogP contribution in [0.4, 0.5) is 5.69 Å². The maximum Gasteiger partial charge on any atom is 0.291 e. The van der Waals surface area contributed by atoms with Crippen molar-refractivity contribution in [3.63, 3.8) is 0 Å². The SMILES string of the molecule is CC1(C)CC=C(c2cc(CCN3CCS(=O)(=O)CC3)ccc2NC(=O)c2ncc(C#N)[nH]2)CC1. The Morgan fingerprint density at radius 1 is 1.29 bits per heavy atom. The third-order valence-corrected chi connectivity index (χ3v) is 8.32. The Hall–Kier alpha value is -2.96. The molecule has 1 fully saturated rings. The first-order valence-electron chi connectivity index (χ1n) is 11.7. The molecule has 0 radical (unpaired) electrons. The molecule has 0 bridgehead atoms. The number of carbonyl (C=O) groups excluding carboxylic acids is 1. The molecule has 1 amide bonds. The summed E-state index contributed by atoms with van der Waals surface area (Å²) in [5.74, 6) is 0.172. The number of amides is 1. The summed E-state index contributed by atoms with van der Waals surface area (Å²) in [7, 11) is -2.88. The summed E-state index contributed by atoms with van der Waals surface area (Å²) in [6.07, 6.45) is 7.41. The van der Waals surface area contributed by atoms with Crippen molar-refractivity contribution >= 4 is 27.0 Å². The van der Waals surface area contributed by atoms with Gasteiger partial charge in [-0.2, -0.15) is 5.26 Å². The average Bonchev–Trinajstić information content (AvgIpc) is 3.29. The molecule has 4 rings (SSSR count). The van der Waals surface area contributed by atoms with E-state index in [9.17, 15) is 13.2 Å². The number of nitrogens with one attached hydrogen (secondary N) is 2. The first-order valence-corrected chi connectivity index (χ1v) is 13.5. The van der Waals surface area contributed by atoms with Crippen LogP contribution in [0.5, 0.6) is 0 Å². The lowest BCUT2D eigenvalue weighted by Crippen LogP contribution is -2.41. The second-order valence-electron chi connectivity index (χ2n) is 9.93. The van der Waals surface area contributed by atoms with E-state index in [-0.39, 0.29) is 34.3 Å². The van der Waals surface area contributed by atoms with Crippen LogP contribution >= 0.6 is 0 Å². The molecule has 1 aromatic carbocycles. The van der Waals surface area contributed by atoms with Gasteiger partial charge in [0.15, 0.2) is 15.7 Å². The fourth-order valence-electron chi connectivity index (χ4n) is 4.38. The predicted octanol–water partition coefficient (Wildman–Crippen LogP) is 3.40. The van der Waals surface area contributed by atoms with E-state index in [4.69, 9.17) is 5.26 Å². The highest BCUT2D eigenvalue weighted by Crippen LogP contribution is 2.40. The first kappa shape index (κ1) is 24.2. The molecule has 0 saturated carbocycles. The topological polar surface area (TPSA) is 119 Å². The first-order chi connectivity index (χ1) is 16.1. The Bertz CT molecular complexity index is 1240. The molecule has 1 aromatic heterocycles. The van der Waals surface area contributed by atoms with Crippen molar-refractivity contribution in [1.82, 2.24) is 14.9 Å². The van der Waals surface area contributed by atoms with E-state index in [0.717, 1.165) is 49.0 Å². The Kier molecular flexibility index (Phi) is 6.91. The molecule has 0 unspecified atom stereocenters. The van der Waals surface area contributed by atoms with Gasteiger partial charge in [-0.3, -0.25) is 4.79 Å². The zero-order valence-electron chi connectivity index (χ0n) is 19.7. The summed E-state index contributed by atoms with van der Waals surface area (Å²) in [4.78, 5) is 21.7. The third-order valence-electron chi connectivity index (χ3n) is 6.72. The van der Waals surface area contributed by atoms with Gasteiger partial charge in [0.2, 0.25) is 0 Å². The second kappa shape index (κ2) is 9.72. The van der Waals surface area contributed by atoms with E-state index in [2.05, 4.69) is 46.2 Å². The highest BCUT2D eigenvalue weighted by atomic mass is 32.2.